The Labute approximate surface area is 275 Å². The van der Waals surface area contributed by atoms with Crippen LogP contribution in [0.3, 0.4) is 0 Å². The van der Waals surface area contributed by atoms with Crippen molar-refractivity contribution in [3.05, 3.63) is 64.7 Å². The maximum atomic E-state index is 13.5. The van der Waals surface area contributed by atoms with Gasteiger partial charge in [-0.3, -0.25) is 14.4 Å². The Morgan fingerprint density at radius 1 is 1.00 bits per heavy atom. The van der Waals surface area contributed by atoms with Crippen molar-refractivity contribution < 1.29 is 38.1 Å². The van der Waals surface area contributed by atoms with Crippen LogP contribution in [0, 0.1) is 17.8 Å². The lowest BCUT2D eigenvalue weighted by molar-refractivity contribution is -0.176. The highest BCUT2D eigenvalue weighted by Gasteiger charge is 2.47. The first-order valence-electron chi connectivity index (χ1n) is 16.0. The number of nitrogens with one attached hydrogen (secondary N) is 2. The first-order chi connectivity index (χ1) is 22.0. The van der Waals surface area contributed by atoms with Gasteiger partial charge in [-0.2, -0.15) is 0 Å². The van der Waals surface area contributed by atoms with Gasteiger partial charge in [0.25, 0.3) is 0 Å². The van der Waals surface area contributed by atoms with Gasteiger partial charge in [0.05, 0.1) is 24.2 Å². The normalized spacial score (nSPS) is 27.2. The van der Waals surface area contributed by atoms with Gasteiger partial charge in [-0.1, -0.05) is 75.7 Å². The summed E-state index contributed by atoms with van der Waals surface area (Å²) in [6, 6.07) is 14.1. The summed E-state index contributed by atoms with van der Waals surface area (Å²) in [5.41, 5.74) is 1.77. The Hall–Kier alpha value is -3.63. The van der Waals surface area contributed by atoms with Gasteiger partial charge in [0, 0.05) is 25.3 Å². The Balaban J connectivity index is 1.54. The summed E-state index contributed by atoms with van der Waals surface area (Å²) in [7, 11) is 1.51. The summed E-state index contributed by atoms with van der Waals surface area (Å²) in [4.78, 5) is 53.1. The van der Waals surface area contributed by atoms with Gasteiger partial charge in [-0.25, -0.2) is 4.79 Å². The standard InChI is InChI=1S/C35H45ClN2O8/c1-20(2)16-29-35(42)44-27(22(4)31-32(46-31)24-10-7-6-8-11-24)12-9-13-30(39)38-26(33(40)37-19-21(3)34(41)45-29)18-23-14-15-28(43-5)25(36)17-23/h6-8,10-11,14-15,17,20-22,26-27,29,31-32H,9,12-13,16,18-19H2,1-5H3,(H,37,40)(H,38,39)/t21-,22+,26-,27+,29+,31-,32-/m1/s1. The molecule has 0 saturated carbocycles. The van der Waals surface area contributed by atoms with E-state index >= 15 is 0 Å². The molecule has 2 N–H and O–H groups in total. The highest BCUT2D eigenvalue weighted by atomic mass is 35.5. The number of amides is 2. The fourth-order valence-electron chi connectivity index (χ4n) is 5.65. The molecule has 4 rings (SSSR count). The Morgan fingerprint density at radius 3 is 2.41 bits per heavy atom. The van der Waals surface area contributed by atoms with Gasteiger partial charge in [0.1, 0.15) is 24.0 Å². The first kappa shape index (κ1) is 35.2. The van der Waals surface area contributed by atoms with E-state index in [-0.39, 0.29) is 55.8 Å². The van der Waals surface area contributed by atoms with E-state index in [1.54, 1.807) is 25.1 Å². The van der Waals surface area contributed by atoms with Crippen molar-refractivity contribution in [3.63, 3.8) is 0 Å². The van der Waals surface area contributed by atoms with Gasteiger partial charge in [-0.05, 0) is 48.4 Å². The zero-order valence-corrected chi connectivity index (χ0v) is 27.9. The Morgan fingerprint density at radius 2 is 1.74 bits per heavy atom. The van der Waals surface area contributed by atoms with Crippen LogP contribution in [-0.4, -0.2) is 61.8 Å². The van der Waals surface area contributed by atoms with E-state index in [0.29, 0.717) is 23.6 Å². The molecule has 46 heavy (non-hydrogen) atoms. The molecular formula is C35H45ClN2O8. The number of rotatable bonds is 8. The monoisotopic (exact) mass is 656 g/mol. The zero-order valence-electron chi connectivity index (χ0n) is 27.1. The van der Waals surface area contributed by atoms with Gasteiger partial charge < -0.3 is 29.6 Å². The molecule has 250 valence electrons. The number of hydrogen-bond donors (Lipinski definition) is 2. The second-order valence-electron chi connectivity index (χ2n) is 12.7. The largest absolute Gasteiger partial charge is 0.495 e. The lowest BCUT2D eigenvalue weighted by atomic mass is 9.92. The molecule has 10 nitrogen and oxygen atoms in total. The molecule has 2 amide bonds. The SMILES string of the molecule is COc1ccc(C[C@H]2NC(=O)CCC[C@@H]([C@H](C)[C@H]3O[C@@H]3c3ccccc3)OC(=O)[C@H](CC(C)C)OC(=O)[C@H](C)CNC2=O)cc1Cl. The number of cyclic esters (lactones) is 2. The second kappa shape index (κ2) is 16.3. The molecule has 2 saturated heterocycles. The minimum absolute atomic E-state index is 0.0452. The number of methoxy groups -OCH3 is 1. The summed E-state index contributed by atoms with van der Waals surface area (Å²) < 4.78 is 23.0. The van der Waals surface area contributed by atoms with E-state index in [1.165, 1.54) is 7.11 Å². The number of carbonyl (C=O) groups is 4. The number of benzene rings is 2. The summed E-state index contributed by atoms with van der Waals surface area (Å²) in [6.45, 7) is 7.40. The predicted molar refractivity (Wildman–Crippen MR) is 172 cm³/mol. The first-order valence-corrected chi connectivity index (χ1v) is 16.4. The number of carbonyl (C=O) groups excluding carboxylic acids is 4. The van der Waals surface area contributed by atoms with Crippen LogP contribution in [-0.2, 0) is 39.8 Å². The summed E-state index contributed by atoms with van der Waals surface area (Å²) in [6.07, 6.45) is -0.629. The van der Waals surface area contributed by atoms with Crippen molar-refractivity contribution in [2.45, 2.75) is 90.3 Å². The van der Waals surface area contributed by atoms with E-state index in [4.69, 9.17) is 30.5 Å². The van der Waals surface area contributed by atoms with Crippen molar-refractivity contribution >= 4 is 35.4 Å². The maximum Gasteiger partial charge on any atom is 0.347 e. The van der Waals surface area contributed by atoms with E-state index in [1.807, 2.05) is 51.1 Å². The highest BCUT2D eigenvalue weighted by molar-refractivity contribution is 6.32. The number of hydrogen-bond acceptors (Lipinski definition) is 8. The molecule has 0 unspecified atom stereocenters. The summed E-state index contributed by atoms with van der Waals surface area (Å²) in [5.74, 6) is -2.42. The lowest BCUT2D eigenvalue weighted by Crippen LogP contribution is -2.49. The maximum absolute atomic E-state index is 13.5. The molecule has 7 atom stereocenters. The van der Waals surface area contributed by atoms with Crippen molar-refractivity contribution in [3.8, 4) is 5.75 Å². The summed E-state index contributed by atoms with van der Waals surface area (Å²) >= 11 is 6.31. The third-order valence-electron chi connectivity index (χ3n) is 8.42. The number of halogens is 1. The second-order valence-corrected chi connectivity index (χ2v) is 13.1. The average Bonchev–Trinajstić information content (AvgIpc) is 3.83. The number of epoxide rings is 1. The molecule has 2 aromatic carbocycles. The van der Waals surface area contributed by atoms with Crippen molar-refractivity contribution in [1.82, 2.24) is 10.6 Å². The van der Waals surface area contributed by atoms with Gasteiger partial charge >= 0.3 is 11.9 Å². The third-order valence-corrected chi connectivity index (χ3v) is 8.71. The fourth-order valence-corrected chi connectivity index (χ4v) is 5.93. The lowest BCUT2D eigenvalue weighted by Gasteiger charge is -2.27. The van der Waals surface area contributed by atoms with Gasteiger partial charge in [0.15, 0.2) is 6.10 Å². The molecule has 0 bridgehead atoms. The third kappa shape index (κ3) is 9.69. The van der Waals surface area contributed by atoms with Crippen molar-refractivity contribution in [1.29, 1.82) is 0 Å². The molecule has 0 aliphatic carbocycles. The van der Waals surface area contributed by atoms with E-state index < -0.39 is 42.0 Å². The van der Waals surface area contributed by atoms with Crippen LogP contribution in [0.2, 0.25) is 5.02 Å². The van der Waals surface area contributed by atoms with E-state index in [0.717, 1.165) is 11.1 Å². The molecule has 2 aliphatic heterocycles. The van der Waals surface area contributed by atoms with Crippen LogP contribution in [0.15, 0.2) is 48.5 Å². The molecule has 2 aromatic rings. The van der Waals surface area contributed by atoms with Crippen LogP contribution in [0.4, 0.5) is 0 Å². The molecule has 11 heteroatoms. The average molecular weight is 657 g/mol. The van der Waals surface area contributed by atoms with Gasteiger partial charge in [0.2, 0.25) is 11.8 Å². The van der Waals surface area contributed by atoms with Crippen LogP contribution < -0.4 is 15.4 Å². The molecule has 2 aliphatic rings. The molecule has 2 fully saturated rings. The van der Waals surface area contributed by atoms with Crippen molar-refractivity contribution in [2.24, 2.45) is 17.8 Å². The molecule has 0 radical (unpaired) electrons. The minimum Gasteiger partial charge on any atom is -0.495 e. The smallest absolute Gasteiger partial charge is 0.347 e. The Kier molecular flexibility index (Phi) is 12.5. The fraction of sp³-hybridized carbons (Fsp3) is 0.543. The Bertz CT molecular complexity index is 1370. The van der Waals surface area contributed by atoms with Crippen LogP contribution in [0.25, 0.3) is 0 Å². The molecule has 0 spiro atoms. The molecule has 2 heterocycles. The topological polar surface area (TPSA) is 133 Å². The summed E-state index contributed by atoms with van der Waals surface area (Å²) in [5, 5.41) is 5.98. The van der Waals surface area contributed by atoms with E-state index in [2.05, 4.69) is 10.6 Å². The van der Waals surface area contributed by atoms with Crippen LogP contribution in [0.5, 0.6) is 5.75 Å². The number of esters is 2. The minimum atomic E-state index is -1.10. The molecule has 0 aromatic heterocycles. The van der Waals surface area contributed by atoms with Gasteiger partial charge in [-0.15, -0.1) is 0 Å². The van der Waals surface area contributed by atoms with Crippen molar-refractivity contribution in [2.75, 3.05) is 13.7 Å². The quantitative estimate of drug-likeness (QED) is 0.301. The van der Waals surface area contributed by atoms with Crippen LogP contribution >= 0.6 is 11.6 Å². The van der Waals surface area contributed by atoms with E-state index in [9.17, 15) is 19.2 Å². The molecular weight excluding hydrogens is 612 g/mol. The number of ether oxygens (including phenoxy) is 4. The van der Waals surface area contributed by atoms with Crippen LogP contribution in [0.1, 0.15) is 70.6 Å². The highest BCUT2D eigenvalue weighted by Crippen LogP contribution is 2.45. The predicted octanol–water partition coefficient (Wildman–Crippen LogP) is 4.96. The zero-order chi connectivity index (χ0) is 33.4.